The van der Waals surface area contributed by atoms with Crippen molar-refractivity contribution >= 4 is 11.0 Å². The lowest BCUT2D eigenvalue weighted by molar-refractivity contribution is 0.263. The van der Waals surface area contributed by atoms with Crippen molar-refractivity contribution in [3.05, 3.63) is 77.3 Å². The number of benzene rings is 2. The summed E-state index contributed by atoms with van der Waals surface area (Å²) in [5, 5.41) is 9.82. The molecule has 1 N–H and O–H groups in total. The molecule has 0 unspecified atom stereocenters. The average molecular weight is 335 g/mol. The third kappa shape index (κ3) is 2.97. The summed E-state index contributed by atoms with van der Waals surface area (Å²) in [5.41, 5.74) is 1.39. The van der Waals surface area contributed by atoms with Crippen molar-refractivity contribution in [1.29, 1.82) is 0 Å². The number of rotatable bonds is 4. The molecule has 4 rings (SSSR count). The quantitative estimate of drug-likeness (QED) is 0.611. The molecule has 124 valence electrons. The van der Waals surface area contributed by atoms with E-state index >= 15 is 0 Å². The fourth-order valence-corrected chi connectivity index (χ4v) is 2.51. The minimum atomic E-state index is -0.147. The van der Waals surface area contributed by atoms with Crippen molar-refractivity contribution in [3.63, 3.8) is 0 Å². The maximum Gasteiger partial charge on any atom is 0.232 e. The summed E-state index contributed by atoms with van der Waals surface area (Å²) in [6.07, 6.45) is 4.43. The van der Waals surface area contributed by atoms with Crippen molar-refractivity contribution in [1.82, 2.24) is 4.98 Å². The molecule has 0 fully saturated rings. The van der Waals surface area contributed by atoms with Gasteiger partial charge in [-0.2, -0.15) is 0 Å². The molecule has 2 heterocycles. The highest BCUT2D eigenvalue weighted by atomic mass is 16.5. The lowest BCUT2D eigenvalue weighted by atomic mass is 10.1. The molecular formula is C19H13NO5. The van der Waals surface area contributed by atoms with E-state index in [9.17, 15) is 9.90 Å². The Morgan fingerprint density at radius 1 is 1.08 bits per heavy atom. The van der Waals surface area contributed by atoms with Gasteiger partial charge in [-0.25, -0.2) is 4.98 Å². The Kier molecular flexibility index (Phi) is 3.70. The van der Waals surface area contributed by atoms with Crippen LogP contribution in [-0.2, 0) is 6.61 Å². The van der Waals surface area contributed by atoms with Crippen LogP contribution in [0.1, 0.15) is 5.89 Å². The number of phenols is 1. The number of phenolic OH excluding ortho intramolecular Hbond substituents is 1. The van der Waals surface area contributed by atoms with Crippen LogP contribution in [0.25, 0.3) is 22.1 Å². The summed E-state index contributed by atoms with van der Waals surface area (Å²) in [6, 6.07) is 11.4. The van der Waals surface area contributed by atoms with Gasteiger partial charge >= 0.3 is 0 Å². The van der Waals surface area contributed by atoms with Gasteiger partial charge in [-0.3, -0.25) is 4.79 Å². The van der Waals surface area contributed by atoms with Crippen LogP contribution in [0.4, 0.5) is 0 Å². The molecule has 2 aromatic heterocycles. The van der Waals surface area contributed by atoms with E-state index in [1.165, 1.54) is 24.7 Å². The van der Waals surface area contributed by atoms with Crippen LogP contribution in [0, 0.1) is 0 Å². The molecule has 0 atom stereocenters. The first-order valence-electron chi connectivity index (χ1n) is 7.57. The fourth-order valence-electron chi connectivity index (χ4n) is 2.51. The standard InChI is InChI=1S/C19H13NO5/c21-13-3-1-12(2-4-13)16-10-25-17-9-14(5-6-15(17)19(16)22)24-11-18-20-7-8-23-18/h1-10,21H,11H2. The van der Waals surface area contributed by atoms with Gasteiger partial charge in [0.05, 0.1) is 17.1 Å². The zero-order chi connectivity index (χ0) is 17.2. The number of hydrogen-bond donors (Lipinski definition) is 1. The zero-order valence-corrected chi connectivity index (χ0v) is 13.0. The smallest absolute Gasteiger partial charge is 0.232 e. The highest BCUT2D eigenvalue weighted by Gasteiger charge is 2.10. The van der Waals surface area contributed by atoms with Gasteiger partial charge in [0.25, 0.3) is 0 Å². The third-order valence-corrected chi connectivity index (χ3v) is 3.77. The molecule has 0 bridgehead atoms. The first-order chi connectivity index (χ1) is 12.2. The monoisotopic (exact) mass is 335 g/mol. The molecule has 4 aromatic rings. The predicted molar refractivity (Wildman–Crippen MR) is 90.4 cm³/mol. The zero-order valence-electron chi connectivity index (χ0n) is 13.0. The second-order valence-corrected chi connectivity index (χ2v) is 5.40. The van der Waals surface area contributed by atoms with Crippen LogP contribution in [0.2, 0.25) is 0 Å². The Bertz CT molecular complexity index is 1070. The number of hydrogen-bond acceptors (Lipinski definition) is 6. The van der Waals surface area contributed by atoms with Crippen molar-refractivity contribution in [2.45, 2.75) is 6.61 Å². The molecule has 0 radical (unpaired) electrons. The molecule has 0 spiro atoms. The van der Waals surface area contributed by atoms with Crippen molar-refractivity contribution in [3.8, 4) is 22.6 Å². The molecule has 0 amide bonds. The summed E-state index contributed by atoms with van der Waals surface area (Å²) < 4.78 is 16.3. The minimum Gasteiger partial charge on any atom is -0.508 e. The normalized spacial score (nSPS) is 10.9. The molecule has 0 saturated carbocycles. The Morgan fingerprint density at radius 2 is 1.92 bits per heavy atom. The predicted octanol–water partition coefficient (Wildman–Crippen LogP) is 3.73. The summed E-state index contributed by atoms with van der Waals surface area (Å²) >= 11 is 0. The molecule has 6 nitrogen and oxygen atoms in total. The number of ether oxygens (including phenoxy) is 1. The highest BCUT2D eigenvalue weighted by molar-refractivity contribution is 5.82. The van der Waals surface area contributed by atoms with E-state index in [2.05, 4.69) is 4.98 Å². The van der Waals surface area contributed by atoms with Crippen LogP contribution < -0.4 is 10.2 Å². The Balaban J connectivity index is 1.67. The van der Waals surface area contributed by atoms with Gasteiger partial charge in [0, 0.05) is 6.07 Å². The second kappa shape index (κ2) is 6.16. The molecule has 0 aliphatic carbocycles. The van der Waals surface area contributed by atoms with Gasteiger partial charge < -0.3 is 18.7 Å². The third-order valence-electron chi connectivity index (χ3n) is 3.77. The van der Waals surface area contributed by atoms with E-state index < -0.39 is 0 Å². The molecule has 0 aliphatic heterocycles. The van der Waals surface area contributed by atoms with Gasteiger partial charge in [-0.1, -0.05) is 12.1 Å². The molecule has 2 aromatic carbocycles. The Labute approximate surface area is 141 Å². The maximum atomic E-state index is 12.7. The number of aromatic hydroxyl groups is 1. The summed E-state index contributed by atoms with van der Waals surface area (Å²) in [4.78, 5) is 16.7. The van der Waals surface area contributed by atoms with Crippen molar-refractivity contribution < 1.29 is 18.7 Å². The number of aromatic nitrogens is 1. The van der Waals surface area contributed by atoms with E-state index in [4.69, 9.17) is 13.6 Å². The van der Waals surface area contributed by atoms with Crippen molar-refractivity contribution in [2.24, 2.45) is 0 Å². The van der Waals surface area contributed by atoms with E-state index in [0.717, 1.165) is 0 Å². The fraction of sp³-hybridized carbons (Fsp3) is 0.0526. The highest BCUT2D eigenvalue weighted by Crippen LogP contribution is 2.24. The average Bonchev–Trinajstić information content (AvgIpc) is 3.15. The lowest BCUT2D eigenvalue weighted by Crippen LogP contribution is -2.05. The molecule has 0 aliphatic rings. The van der Waals surface area contributed by atoms with E-state index in [0.29, 0.717) is 33.7 Å². The SMILES string of the molecule is O=c1c(-c2ccc(O)cc2)coc2cc(OCc3ncco3)ccc12. The first-order valence-corrected chi connectivity index (χ1v) is 7.57. The molecule has 0 saturated heterocycles. The maximum absolute atomic E-state index is 12.7. The second-order valence-electron chi connectivity index (χ2n) is 5.40. The molecule has 6 heteroatoms. The first kappa shape index (κ1) is 15.0. The van der Waals surface area contributed by atoms with Crippen LogP contribution in [0.15, 0.2) is 74.8 Å². The van der Waals surface area contributed by atoms with Crippen LogP contribution in [0.3, 0.4) is 0 Å². The molecule has 25 heavy (non-hydrogen) atoms. The Morgan fingerprint density at radius 3 is 2.68 bits per heavy atom. The van der Waals surface area contributed by atoms with E-state index in [1.54, 1.807) is 36.5 Å². The van der Waals surface area contributed by atoms with Crippen LogP contribution in [-0.4, -0.2) is 10.1 Å². The molecular weight excluding hydrogens is 322 g/mol. The van der Waals surface area contributed by atoms with Gasteiger partial charge in [-0.15, -0.1) is 0 Å². The van der Waals surface area contributed by atoms with Gasteiger partial charge in [0.1, 0.15) is 29.6 Å². The van der Waals surface area contributed by atoms with Gasteiger partial charge in [-0.05, 0) is 29.8 Å². The van der Waals surface area contributed by atoms with E-state index in [1.807, 2.05) is 0 Å². The number of oxazole rings is 1. The van der Waals surface area contributed by atoms with Crippen molar-refractivity contribution in [2.75, 3.05) is 0 Å². The number of nitrogens with zero attached hydrogens (tertiary/aromatic N) is 1. The summed E-state index contributed by atoms with van der Waals surface area (Å²) in [5.74, 6) is 1.15. The van der Waals surface area contributed by atoms with E-state index in [-0.39, 0.29) is 17.8 Å². The lowest BCUT2D eigenvalue weighted by Gasteiger charge is -2.06. The van der Waals surface area contributed by atoms with Crippen LogP contribution in [0.5, 0.6) is 11.5 Å². The van der Waals surface area contributed by atoms with Crippen LogP contribution >= 0.6 is 0 Å². The van der Waals surface area contributed by atoms with Gasteiger partial charge in [0.15, 0.2) is 12.0 Å². The number of fused-ring (bicyclic) bond motifs is 1. The van der Waals surface area contributed by atoms with Gasteiger partial charge in [0.2, 0.25) is 5.89 Å². The topological polar surface area (TPSA) is 85.7 Å². The summed E-state index contributed by atoms with van der Waals surface area (Å²) in [7, 11) is 0. The minimum absolute atomic E-state index is 0.141. The Hall–Kier alpha value is -3.54. The largest absolute Gasteiger partial charge is 0.508 e. The summed E-state index contributed by atoms with van der Waals surface area (Å²) in [6.45, 7) is 0.189.